The standard InChI is InChI=1S/C17H24ClNO2/c1-2-15(17(20)21)10-13-6-8-19(9-7-13)12-14-4-3-5-16(18)11-14/h3-5,11,13,15H,2,6-10,12H2,1H3,(H,20,21). The SMILES string of the molecule is CCC(CC1CCN(Cc2cccc(Cl)c2)CC1)C(=O)O. The van der Waals surface area contributed by atoms with Gasteiger partial charge >= 0.3 is 5.97 Å². The number of carboxylic acids is 1. The van der Waals surface area contributed by atoms with Gasteiger partial charge in [0.2, 0.25) is 0 Å². The zero-order chi connectivity index (χ0) is 15.2. The Morgan fingerprint density at radius 2 is 2.14 bits per heavy atom. The summed E-state index contributed by atoms with van der Waals surface area (Å²) in [4.78, 5) is 13.6. The Kier molecular flexibility index (Phi) is 6.07. The van der Waals surface area contributed by atoms with Gasteiger partial charge < -0.3 is 5.11 Å². The number of carbonyl (C=O) groups is 1. The van der Waals surface area contributed by atoms with Gasteiger partial charge in [-0.15, -0.1) is 0 Å². The number of halogens is 1. The predicted octanol–water partition coefficient (Wildman–Crippen LogP) is 4.05. The highest BCUT2D eigenvalue weighted by Crippen LogP contribution is 2.27. The maximum Gasteiger partial charge on any atom is 0.306 e. The van der Waals surface area contributed by atoms with Crippen molar-refractivity contribution in [3.05, 3.63) is 34.9 Å². The molecule has 0 aliphatic carbocycles. The molecule has 0 amide bonds. The van der Waals surface area contributed by atoms with E-state index in [0.29, 0.717) is 5.92 Å². The first-order valence-electron chi connectivity index (χ1n) is 7.78. The van der Waals surface area contributed by atoms with Gasteiger partial charge in [0.15, 0.2) is 0 Å². The van der Waals surface area contributed by atoms with Crippen molar-refractivity contribution in [2.75, 3.05) is 13.1 Å². The normalized spacial score (nSPS) is 18.6. The molecule has 1 aromatic carbocycles. The van der Waals surface area contributed by atoms with E-state index in [1.165, 1.54) is 5.56 Å². The number of hydrogen-bond donors (Lipinski definition) is 1. The average molecular weight is 310 g/mol. The molecule has 1 aromatic rings. The molecule has 0 aromatic heterocycles. The maximum atomic E-state index is 11.1. The third-order valence-electron chi connectivity index (χ3n) is 4.46. The molecule has 1 saturated heterocycles. The molecule has 1 fully saturated rings. The second kappa shape index (κ2) is 7.81. The summed E-state index contributed by atoms with van der Waals surface area (Å²) in [6.07, 6.45) is 3.77. The fourth-order valence-corrected chi connectivity index (χ4v) is 3.33. The first kappa shape index (κ1) is 16.3. The second-order valence-electron chi connectivity index (χ2n) is 6.03. The quantitative estimate of drug-likeness (QED) is 0.861. The first-order valence-corrected chi connectivity index (χ1v) is 8.16. The minimum absolute atomic E-state index is 0.172. The molecule has 4 heteroatoms. The lowest BCUT2D eigenvalue weighted by molar-refractivity contribution is -0.142. The minimum Gasteiger partial charge on any atom is -0.481 e. The molecule has 1 atom stereocenters. The Morgan fingerprint density at radius 3 is 2.71 bits per heavy atom. The molecule has 2 rings (SSSR count). The molecule has 1 aliphatic rings. The number of rotatable bonds is 6. The molecule has 1 aliphatic heterocycles. The molecule has 0 saturated carbocycles. The molecule has 116 valence electrons. The van der Waals surface area contributed by atoms with E-state index < -0.39 is 5.97 Å². The zero-order valence-electron chi connectivity index (χ0n) is 12.6. The Balaban J connectivity index is 1.79. The third-order valence-corrected chi connectivity index (χ3v) is 4.70. The Labute approximate surface area is 131 Å². The first-order chi connectivity index (χ1) is 10.1. The van der Waals surface area contributed by atoms with Crippen molar-refractivity contribution in [1.82, 2.24) is 4.90 Å². The zero-order valence-corrected chi connectivity index (χ0v) is 13.4. The molecule has 1 heterocycles. The van der Waals surface area contributed by atoms with Gasteiger partial charge in [-0.05, 0) is 62.4 Å². The largest absolute Gasteiger partial charge is 0.481 e. The fraction of sp³-hybridized carbons (Fsp3) is 0.588. The number of likely N-dealkylation sites (tertiary alicyclic amines) is 1. The molecule has 0 bridgehead atoms. The van der Waals surface area contributed by atoms with E-state index in [9.17, 15) is 4.79 Å². The van der Waals surface area contributed by atoms with E-state index in [0.717, 1.165) is 50.3 Å². The number of benzene rings is 1. The van der Waals surface area contributed by atoms with E-state index in [1.807, 2.05) is 25.1 Å². The van der Waals surface area contributed by atoms with E-state index in [2.05, 4.69) is 11.0 Å². The van der Waals surface area contributed by atoms with Crippen molar-refractivity contribution < 1.29 is 9.90 Å². The number of hydrogen-bond acceptors (Lipinski definition) is 2. The highest BCUT2D eigenvalue weighted by atomic mass is 35.5. The summed E-state index contributed by atoms with van der Waals surface area (Å²) in [6.45, 7) is 5.00. The van der Waals surface area contributed by atoms with Crippen LogP contribution >= 0.6 is 11.6 Å². The van der Waals surface area contributed by atoms with E-state index in [4.69, 9.17) is 16.7 Å². The third kappa shape index (κ3) is 5.01. The maximum absolute atomic E-state index is 11.1. The van der Waals surface area contributed by atoms with Gasteiger partial charge in [-0.1, -0.05) is 30.7 Å². The van der Waals surface area contributed by atoms with Crippen LogP contribution in [0.3, 0.4) is 0 Å². The molecule has 1 N–H and O–H groups in total. The predicted molar refractivity (Wildman–Crippen MR) is 85.5 cm³/mol. The molecular weight excluding hydrogens is 286 g/mol. The summed E-state index contributed by atoms with van der Waals surface area (Å²) in [6, 6.07) is 8.01. The molecule has 0 radical (unpaired) electrons. The summed E-state index contributed by atoms with van der Waals surface area (Å²) in [5.74, 6) is -0.255. The van der Waals surface area contributed by atoms with Gasteiger partial charge in [-0.2, -0.15) is 0 Å². The highest BCUT2D eigenvalue weighted by Gasteiger charge is 2.24. The Bertz CT molecular complexity index is 470. The van der Waals surface area contributed by atoms with Crippen LogP contribution in [0.25, 0.3) is 0 Å². The van der Waals surface area contributed by atoms with Gasteiger partial charge in [0.05, 0.1) is 5.92 Å². The highest BCUT2D eigenvalue weighted by molar-refractivity contribution is 6.30. The average Bonchev–Trinajstić information content (AvgIpc) is 2.46. The summed E-state index contributed by atoms with van der Waals surface area (Å²) in [5, 5.41) is 9.94. The molecule has 21 heavy (non-hydrogen) atoms. The second-order valence-corrected chi connectivity index (χ2v) is 6.46. The van der Waals surface area contributed by atoms with Gasteiger partial charge in [-0.3, -0.25) is 9.69 Å². The summed E-state index contributed by atoms with van der Waals surface area (Å²) in [7, 11) is 0. The van der Waals surface area contributed by atoms with Crippen molar-refractivity contribution in [3.63, 3.8) is 0 Å². The number of aliphatic carboxylic acids is 1. The van der Waals surface area contributed by atoms with Crippen LogP contribution in [-0.2, 0) is 11.3 Å². The smallest absolute Gasteiger partial charge is 0.306 e. The molecular formula is C17H24ClNO2. The van der Waals surface area contributed by atoms with Gasteiger partial charge in [0.25, 0.3) is 0 Å². The Hall–Kier alpha value is -1.06. The summed E-state index contributed by atoms with van der Waals surface area (Å²) < 4.78 is 0. The van der Waals surface area contributed by atoms with Crippen molar-refractivity contribution in [2.45, 2.75) is 39.2 Å². The molecule has 3 nitrogen and oxygen atoms in total. The fourth-order valence-electron chi connectivity index (χ4n) is 3.12. The summed E-state index contributed by atoms with van der Waals surface area (Å²) in [5.41, 5.74) is 1.25. The Morgan fingerprint density at radius 1 is 1.43 bits per heavy atom. The topological polar surface area (TPSA) is 40.5 Å². The van der Waals surface area contributed by atoms with Crippen molar-refractivity contribution in [1.29, 1.82) is 0 Å². The van der Waals surface area contributed by atoms with Crippen LogP contribution in [0, 0.1) is 11.8 Å². The molecule has 1 unspecified atom stereocenters. The van der Waals surface area contributed by atoms with E-state index >= 15 is 0 Å². The van der Waals surface area contributed by atoms with Crippen LogP contribution in [0.5, 0.6) is 0 Å². The van der Waals surface area contributed by atoms with Crippen LogP contribution in [0.2, 0.25) is 5.02 Å². The van der Waals surface area contributed by atoms with Crippen LogP contribution in [-0.4, -0.2) is 29.1 Å². The van der Waals surface area contributed by atoms with E-state index in [-0.39, 0.29) is 5.92 Å². The van der Waals surface area contributed by atoms with Crippen molar-refractivity contribution >= 4 is 17.6 Å². The number of nitrogens with zero attached hydrogens (tertiary/aromatic N) is 1. The summed E-state index contributed by atoms with van der Waals surface area (Å²) >= 11 is 6.01. The monoisotopic (exact) mass is 309 g/mol. The minimum atomic E-state index is -0.640. The van der Waals surface area contributed by atoms with Crippen LogP contribution in [0.15, 0.2) is 24.3 Å². The lowest BCUT2D eigenvalue weighted by atomic mass is 9.86. The number of carboxylic acid groups (broad SMARTS) is 1. The van der Waals surface area contributed by atoms with Crippen LogP contribution in [0.4, 0.5) is 0 Å². The van der Waals surface area contributed by atoms with Crippen molar-refractivity contribution in [3.8, 4) is 0 Å². The lowest BCUT2D eigenvalue weighted by Gasteiger charge is -2.33. The van der Waals surface area contributed by atoms with Gasteiger partial charge in [0.1, 0.15) is 0 Å². The van der Waals surface area contributed by atoms with E-state index in [1.54, 1.807) is 0 Å². The van der Waals surface area contributed by atoms with Gasteiger partial charge in [-0.25, -0.2) is 0 Å². The van der Waals surface area contributed by atoms with Crippen molar-refractivity contribution in [2.24, 2.45) is 11.8 Å². The molecule has 0 spiro atoms. The van der Waals surface area contributed by atoms with Crippen LogP contribution < -0.4 is 0 Å². The number of piperidine rings is 1. The lowest BCUT2D eigenvalue weighted by Crippen LogP contribution is -2.34. The van der Waals surface area contributed by atoms with Crippen LogP contribution in [0.1, 0.15) is 38.2 Å². The van der Waals surface area contributed by atoms with Gasteiger partial charge in [0, 0.05) is 11.6 Å².